The van der Waals surface area contributed by atoms with Crippen LogP contribution in [0.2, 0.25) is 0 Å². The molecular formula is C9H15NO3. The van der Waals surface area contributed by atoms with Crippen LogP contribution in [-0.4, -0.2) is 23.7 Å². The molecule has 13 heavy (non-hydrogen) atoms. The number of carbonyl (C=O) groups excluding carboxylic acids is 1. The van der Waals surface area contributed by atoms with Gasteiger partial charge in [-0.25, -0.2) is 5.48 Å². The molecule has 1 atom stereocenters. The normalized spacial score (nSPS) is 11.8. The highest BCUT2D eigenvalue weighted by molar-refractivity contribution is 5.75. The Balaban J connectivity index is 3.61. The maximum atomic E-state index is 11.0. The second-order valence-corrected chi connectivity index (χ2v) is 2.69. The van der Waals surface area contributed by atoms with E-state index >= 15 is 0 Å². The summed E-state index contributed by atoms with van der Waals surface area (Å²) in [5.41, 5.74) is 2.71. The van der Waals surface area contributed by atoms with Crippen molar-refractivity contribution >= 4 is 5.91 Å². The average molecular weight is 185 g/mol. The first kappa shape index (κ1) is 11.9. The van der Waals surface area contributed by atoms with Gasteiger partial charge in [0.2, 0.25) is 5.91 Å². The summed E-state index contributed by atoms with van der Waals surface area (Å²) in [6.45, 7) is 8.82. The zero-order valence-electron chi connectivity index (χ0n) is 7.75. The van der Waals surface area contributed by atoms with Gasteiger partial charge in [0, 0.05) is 0 Å². The molecule has 4 nitrogen and oxygen atoms in total. The molecular weight excluding hydrogens is 170 g/mol. The van der Waals surface area contributed by atoms with Crippen molar-refractivity contribution < 1.29 is 14.7 Å². The summed E-state index contributed by atoms with van der Waals surface area (Å²) >= 11 is 0. The van der Waals surface area contributed by atoms with E-state index < -0.39 is 6.10 Å². The van der Waals surface area contributed by atoms with Crippen LogP contribution >= 0.6 is 0 Å². The number of amides is 1. The van der Waals surface area contributed by atoms with Gasteiger partial charge in [0.1, 0.15) is 0 Å². The van der Waals surface area contributed by atoms with E-state index in [-0.39, 0.29) is 18.9 Å². The van der Waals surface area contributed by atoms with Crippen molar-refractivity contribution in [1.29, 1.82) is 0 Å². The molecule has 74 valence electrons. The van der Waals surface area contributed by atoms with Crippen molar-refractivity contribution in [3.05, 3.63) is 24.8 Å². The standard InChI is InChI=1S/C9H15NO3/c1-4-5-13-10-9(12)6-8(11)7(2)3/h4,8,11H,1-2,5-6H2,3H3,(H,10,12)/t8-/m1/s1. The number of aliphatic hydroxyl groups is 1. The molecule has 0 fully saturated rings. The number of nitrogens with one attached hydrogen (secondary N) is 1. The molecule has 0 radical (unpaired) electrons. The van der Waals surface area contributed by atoms with Gasteiger partial charge in [0.05, 0.1) is 19.1 Å². The molecule has 0 aromatic heterocycles. The SMILES string of the molecule is C=CCONC(=O)C[C@@H](O)C(=C)C. The molecule has 0 spiro atoms. The van der Waals surface area contributed by atoms with E-state index in [1.165, 1.54) is 6.08 Å². The van der Waals surface area contributed by atoms with Crippen molar-refractivity contribution in [2.75, 3.05) is 6.61 Å². The molecule has 4 heteroatoms. The first-order valence-corrected chi connectivity index (χ1v) is 3.93. The van der Waals surface area contributed by atoms with E-state index in [1.54, 1.807) is 6.92 Å². The van der Waals surface area contributed by atoms with E-state index in [0.717, 1.165) is 0 Å². The number of carbonyl (C=O) groups is 1. The van der Waals surface area contributed by atoms with Gasteiger partial charge in [-0.15, -0.1) is 6.58 Å². The van der Waals surface area contributed by atoms with Crippen LogP contribution in [0.1, 0.15) is 13.3 Å². The molecule has 0 aliphatic carbocycles. The third kappa shape index (κ3) is 6.07. The molecule has 0 aromatic carbocycles. The largest absolute Gasteiger partial charge is 0.388 e. The molecule has 0 rings (SSSR count). The third-order valence-corrected chi connectivity index (χ3v) is 1.33. The van der Waals surface area contributed by atoms with Crippen LogP contribution in [0.3, 0.4) is 0 Å². The summed E-state index contributed by atoms with van der Waals surface area (Å²) in [6, 6.07) is 0. The Kier molecular flexibility index (Phi) is 5.84. The van der Waals surface area contributed by atoms with Crippen molar-refractivity contribution in [3.8, 4) is 0 Å². The van der Waals surface area contributed by atoms with Crippen molar-refractivity contribution in [2.24, 2.45) is 0 Å². The minimum atomic E-state index is -0.813. The number of hydrogen-bond acceptors (Lipinski definition) is 3. The predicted octanol–water partition coefficient (Wildman–Crippen LogP) is 0.547. The lowest BCUT2D eigenvalue weighted by atomic mass is 10.1. The Labute approximate surface area is 77.9 Å². The van der Waals surface area contributed by atoms with Gasteiger partial charge in [-0.05, 0) is 6.92 Å². The van der Waals surface area contributed by atoms with Crippen molar-refractivity contribution in [3.63, 3.8) is 0 Å². The topological polar surface area (TPSA) is 58.6 Å². The summed E-state index contributed by atoms with van der Waals surface area (Å²) in [4.78, 5) is 15.6. The fraction of sp³-hybridized carbons (Fsp3) is 0.444. The molecule has 2 N–H and O–H groups in total. The van der Waals surface area contributed by atoms with Gasteiger partial charge >= 0.3 is 0 Å². The van der Waals surface area contributed by atoms with E-state index in [1.807, 2.05) is 0 Å². The molecule has 0 aromatic rings. The molecule has 0 heterocycles. The zero-order valence-corrected chi connectivity index (χ0v) is 7.75. The van der Waals surface area contributed by atoms with Gasteiger partial charge in [0.15, 0.2) is 0 Å². The first-order chi connectivity index (χ1) is 6.07. The highest BCUT2D eigenvalue weighted by atomic mass is 16.6. The van der Waals surface area contributed by atoms with Gasteiger partial charge in [-0.2, -0.15) is 0 Å². The summed E-state index contributed by atoms with van der Waals surface area (Å²) in [5, 5.41) is 9.22. The highest BCUT2D eigenvalue weighted by Crippen LogP contribution is 2.01. The molecule has 0 bridgehead atoms. The summed E-state index contributed by atoms with van der Waals surface area (Å²) < 4.78 is 0. The summed E-state index contributed by atoms with van der Waals surface area (Å²) in [5.74, 6) is -0.377. The van der Waals surface area contributed by atoms with Crippen LogP contribution in [0.15, 0.2) is 24.8 Å². The number of hydroxylamine groups is 1. The lowest BCUT2D eigenvalue weighted by Crippen LogP contribution is -2.27. The molecule has 0 saturated carbocycles. The van der Waals surface area contributed by atoms with Crippen LogP contribution < -0.4 is 5.48 Å². The number of hydrogen-bond donors (Lipinski definition) is 2. The Hall–Kier alpha value is -1.13. The van der Waals surface area contributed by atoms with Crippen molar-refractivity contribution in [1.82, 2.24) is 5.48 Å². The second-order valence-electron chi connectivity index (χ2n) is 2.69. The van der Waals surface area contributed by atoms with Crippen LogP contribution in [0.25, 0.3) is 0 Å². The van der Waals surface area contributed by atoms with E-state index in [2.05, 4.69) is 23.5 Å². The van der Waals surface area contributed by atoms with Crippen LogP contribution in [-0.2, 0) is 9.63 Å². The Morgan fingerprint density at radius 1 is 1.77 bits per heavy atom. The fourth-order valence-electron chi connectivity index (χ4n) is 0.573. The van der Waals surface area contributed by atoms with Gasteiger partial charge in [-0.1, -0.05) is 18.2 Å². The monoisotopic (exact) mass is 185 g/mol. The number of aliphatic hydroxyl groups excluding tert-OH is 1. The van der Waals surface area contributed by atoms with Gasteiger partial charge in [0.25, 0.3) is 0 Å². The fourth-order valence-corrected chi connectivity index (χ4v) is 0.573. The molecule has 0 aliphatic rings. The minimum absolute atomic E-state index is 0.0352. The van der Waals surface area contributed by atoms with Gasteiger partial charge < -0.3 is 5.11 Å². The van der Waals surface area contributed by atoms with Crippen LogP contribution in [0, 0.1) is 0 Å². The van der Waals surface area contributed by atoms with E-state index in [4.69, 9.17) is 0 Å². The van der Waals surface area contributed by atoms with E-state index in [0.29, 0.717) is 5.57 Å². The zero-order chi connectivity index (χ0) is 10.3. The summed E-state index contributed by atoms with van der Waals surface area (Å²) in [7, 11) is 0. The van der Waals surface area contributed by atoms with Crippen LogP contribution in [0.5, 0.6) is 0 Å². The quantitative estimate of drug-likeness (QED) is 0.361. The molecule has 0 saturated heterocycles. The average Bonchev–Trinajstić information content (AvgIpc) is 2.04. The Morgan fingerprint density at radius 3 is 2.85 bits per heavy atom. The maximum Gasteiger partial charge on any atom is 0.246 e. The molecule has 0 aliphatic heterocycles. The Morgan fingerprint density at radius 2 is 2.38 bits per heavy atom. The van der Waals surface area contributed by atoms with Crippen molar-refractivity contribution in [2.45, 2.75) is 19.4 Å². The summed E-state index contributed by atoms with van der Waals surface area (Å²) in [6.07, 6.45) is 0.661. The predicted molar refractivity (Wildman–Crippen MR) is 49.7 cm³/mol. The highest BCUT2D eigenvalue weighted by Gasteiger charge is 2.10. The lowest BCUT2D eigenvalue weighted by Gasteiger charge is -2.09. The molecule has 1 amide bonds. The minimum Gasteiger partial charge on any atom is -0.388 e. The van der Waals surface area contributed by atoms with Gasteiger partial charge in [-0.3, -0.25) is 9.63 Å². The van der Waals surface area contributed by atoms with Crippen LogP contribution in [0.4, 0.5) is 0 Å². The van der Waals surface area contributed by atoms with E-state index in [9.17, 15) is 9.90 Å². The number of rotatable bonds is 6. The smallest absolute Gasteiger partial charge is 0.246 e. The third-order valence-electron chi connectivity index (χ3n) is 1.33. The molecule has 0 unspecified atom stereocenters. The maximum absolute atomic E-state index is 11.0. The first-order valence-electron chi connectivity index (χ1n) is 3.93. The lowest BCUT2D eigenvalue weighted by molar-refractivity contribution is -0.134. The Bertz CT molecular complexity index is 201. The second kappa shape index (κ2) is 6.39.